The van der Waals surface area contributed by atoms with Gasteiger partial charge >= 0.3 is 0 Å². The van der Waals surface area contributed by atoms with Crippen LogP contribution in [0.4, 0.5) is 0 Å². The van der Waals surface area contributed by atoms with Crippen molar-refractivity contribution in [3.8, 4) is 0 Å². The minimum absolute atomic E-state index is 0.786. The van der Waals surface area contributed by atoms with E-state index in [9.17, 15) is 0 Å². The molecule has 0 fully saturated rings. The number of likely N-dealkylation sites (N-methyl/N-ethyl adjacent to an activating group) is 1. The van der Waals surface area contributed by atoms with Gasteiger partial charge in [0.25, 0.3) is 0 Å². The molecule has 1 N–H and O–H groups in total. The van der Waals surface area contributed by atoms with E-state index in [-0.39, 0.29) is 0 Å². The van der Waals surface area contributed by atoms with Crippen LogP contribution in [0.2, 0.25) is 0 Å². The first-order valence-corrected chi connectivity index (χ1v) is 6.47. The van der Waals surface area contributed by atoms with E-state index in [1.54, 1.807) is 0 Å². The summed E-state index contributed by atoms with van der Waals surface area (Å²) in [5.41, 5.74) is 1.14. The normalized spacial score (nSPS) is 11.4. The van der Waals surface area contributed by atoms with Crippen LogP contribution in [-0.4, -0.2) is 36.6 Å². The molecule has 0 aromatic carbocycles. The molecule has 96 valence electrons. The third-order valence-corrected chi connectivity index (χ3v) is 2.73. The fourth-order valence-electron chi connectivity index (χ4n) is 1.63. The lowest BCUT2D eigenvalue weighted by atomic mass is 10.1. The maximum absolute atomic E-state index is 4.32. The van der Waals surface area contributed by atoms with Crippen molar-refractivity contribution in [3.05, 3.63) is 30.1 Å². The van der Waals surface area contributed by atoms with E-state index in [0.29, 0.717) is 0 Å². The van der Waals surface area contributed by atoms with Crippen LogP contribution in [0.5, 0.6) is 0 Å². The van der Waals surface area contributed by atoms with Crippen molar-refractivity contribution < 1.29 is 0 Å². The smallest absolute Gasteiger partial charge is 0.0543 e. The number of pyridine rings is 1. The molecule has 0 atom stereocenters. The lowest BCUT2D eigenvalue weighted by Crippen LogP contribution is -2.30. The van der Waals surface area contributed by atoms with Gasteiger partial charge in [0.1, 0.15) is 0 Å². The molecule has 0 saturated heterocycles. The maximum atomic E-state index is 4.32. The topological polar surface area (TPSA) is 28.2 Å². The summed E-state index contributed by atoms with van der Waals surface area (Å²) < 4.78 is 0. The highest BCUT2D eigenvalue weighted by atomic mass is 15.1. The summed E-state index contributed by atoms with van der Waals surface area (Å²) in [6.45, 7) is 8.68. The molecule has 0 aliphatic carbocycles. The van der Waals surface area contributed by atoms with Crippen LogP contribution in [0.3, 0.4) is 0 Å². The van der Waals surface area contributed by atoms with Gasteiger partial charge in [-0.05, 0) is 38.1 Å². The van der Waals surface area contributed by atoms with Gasteiger partial charge in [0.05, 0.1) is 5.69 Å². The standard InChI is InChI=1S/C14H25N3/c1-13(2)7-9-15-10-11-17(3)12-14-6-4-5-8-16-14/h4-6,8,13,15H,7,9-12H2,1-3H3. The number of hydrogen-bond donors (Lipinski definition) is 1. The third kappa shape index (κ3) is 7.08. The summed E-state index contributed by atoms with van der Waals surface area (Å²) in [4.78, 5) is 6.62. The Bertz CT molecular complexity index is 285. The monoisotopic (exact) mass is 235 g/mol. The Morgan fingerprint density at radius 3 is 2.76 bits per heavy atom. The van der Waals surface area contributed by atoms with Crippen molar-refractivity contribution in [3.63, 3.8) is 0 Å². The Kier molecular flexibility index (Phi) is 6.82. The SMILES string of the molecule is CC(C)CCNCCN(C)Cc1ccccn1. The molecule has 1 aromatic rings. The van der Waals surface area contributed by atoms with E-state index >= 15 is 0 Å². The Morgan fingerprint density at radius 1 is 1.29 bits per heavy atom. The molecule has 17 heavy (non-hydrogen) atoms. The zero-order valence-electron chi connectivity index (χ0n) is 11.3. The fraction of sp³-hybridized carbons (Fsp3) is 0.643. The molecule has 0 spiro atoms. The minimum Gasteiger partial charge on any atom is -0.315 e. The second-order valence-corrected chi connectivity index (χ2v) is 4.99. The van der Waals surface area contributed by atoms with Gasteiger partial charge in [-0.2, -0.15) is 0 Å². The molecule has 1 rings (SSSR count). The first-order valence-electron chi connectivity index (χ1n) is 6.47. The number of hydrogen-bond acceptors (Lipinski definition) is 3. The summed E-state index contributed by atoms with van der Waals surface area (Å²) in [7, 11) is 2.14. The van der Waals surface area contributed by atoms with Gasteiger partial charge < -0.3 is 5.32 Å². The van der Waals surface area contributed by atoms with E-state index in [1.807, 2.05) is 18.3 Å². The lowest BCUT2D eigenvalue weighted by Gasteiger charge is -2.16. The van der Waals surface area contributed by atoms with Crippen LogP contribution >= 0.6 is 0 Å². The van der Waals surface area contributed by atoms with Crippen LogP contribution in [0, 0.1) is 5.92 Å². The molecule has 0 aliphatic heterocycles. The number of nitrogens with zero attached hydrogens (tertiary/aromatic N) is 2. The van der Waals surface area contributed by atoms with E-state index in [2.05, 4.69) is 42.2 Å². The van der Waals surface area contributed by atoms with Crippen molar-refractivity contribution in [2.24, 2.45) is 5.92 Å². The van der Waals surface area contributed by atoms with Crippen LogP contribution in [-0.2, 0) is 6.54 Å². The predicted molar refractivity (Wildman–Crippen MR) is 72.9 cm³/mol. The zero-order valence-corrected chi connectivity index (χ0v) is 11.3. The molecule has 0 amide bonds. The minimum atomic E-state index is 0.786. The molecule has 3 nitrogen and oxygen atoms in total. The zero-order chi connectivity index (χ0) is 12.5. The Hall–Kier alpha value is -0.930. The highest BCUT2D eigenvalue weighted by molar-refractivity contribution is 5.02. The Balaban J connectivity index is 2.07. The summed E-state index contributed by atoms with van der Waals surface area (Å²) >= 11 is 0. The molecule has 0 saturated carbocycles. The Morgan fingerprint density at radius 2 is 2.12 bits per heavy atom. The summed E-state index contributed by atoms with van der Waals surface area (Å²) in [5, 5.41) is 3.47. The fourth-order valence-corrected chi connectivity index (χ4v) is 1.63. The van der Waals surface area contributed by atoms with E-state index < -0.39 is 0 Å². The van der Waals surface area contributed by atoms with Gasteiger partial charge in [-0.1, -0.05) is 19.9 Å². The molecule has 0 aliphatic rings. The third-order valence-electron chi connectivity index (χ3n) is 2.73. The van der Waals surface area contributed by atoms with E-state index in [0.717, 1.165) is 37.8 Å². The lowest BCUT2D eigenvalue weighted by molar-refractivity contribution is 0.319. The number of rotatable bonds is 8. The van der Waals surface area contributed by atoms with Crippen molar-refractivity contribution in [1.29, 1.82) is 0 Å². The number of nitrogens with one attached hydrogen (secondary N) is 1. The second kappa shape index (κ2) is 8.20. The molecule has 0 unspecified atom stereocenters. The van der Waals surface area contributed by atoms with Crippen LogP contribution in [0.25, 0.3) is 0 Å². The van der Waals surface area contributed by atoms with Crippen molar-refractivity contribution in [1.82, 2.24) is 15.2 Å². The molecule has 1 heterocycles. The second-order valence-electron chi connectivity index (χ2n) is 4.99. The van der Waals surface area contributed by atoms with E-state index in [4.69, 9.17) is 0 Å². The molecule has 3 heteroatoms. The average molecular weight is 235 g/mol. The van der Waals surface area contributed by atoms with Crippen molar-refractivity contribution in [2.45, 2.75) is 26.8 Å². The largest absolute Gasteiger partial charge is 0.315 e. The quantitative estimate of drug-likeness (QED) is 0.700. The van der Waals surface area contributed by atoms with Crippen LogP contribution in [0.15, 0.2) is 24.4 Å². The first kappa shape index (κ1) is 14.1. The summed E-state index contributed by atoms with van der Waals surface area (Å²) in [6, 6.07) is 6.07. The van der Waals surface area contributed by atoms with Gasteiger partial charge in [0, 0.05) is 25.8 Å². The highest BCUT2D eigenvalue weighted by Gasteiger charge is 2.00. The number of aromatic nitrogens is 1. The molecule has 1 aromatic heterocycles. The molecule has 0 bridgehead atoms. The molecular weight excluding hydrogens is 210 g/mol. The van der Waals surface area contributed by atoms with Crippen molar-refractivity contribution in [2.75, 3.05) is 26.7 Å². The van der Waals surface area contributed by atoms with Gasteiger partial charge in [-0.3, -0.25) is 9.88 Å². The first-order chi connectivity index (χ1) is 8.18. The van der Waals surface area contributed by atoms with Gasteiger partial charge in [-0.25, -0.2) is 0 Å². The van der Waals surface area contributed by atoms with Crippen LogP contribution in [0.1, 0.15) is 26.0 Å². The highest BCUT2D eigenvalue weighted by Crippen LogP contribution is 1.98. The average Bonchev–Trinajstić information content (AvgIpc) is 2.29. The van der Waals surface area contributed by atoms with Gasteiger partial charge in [0.15, 0.2) is 0 Å². The molecular formula is C14H25N3. The van der Waals surface area contributed by atoms with E-state index in [1.165, 1.54) is 6.42 Å². The summed E-state index contributed by atoms with van der Waals surface area (Å²) in [5.74, 6) is 0.786. The van der Waals surface area contributed by atoms with Crippen molar-refractivity contribution >= 4 is 0 Å². The Labute approximate surface area is 105 Å². The van der Waals surface area contributed by atoms with Gasteiger partial charge in [-0.15, -0.1) is 0 Å². The predicted octanol–water partition coefficient (Wildman–Crippen LogP) is 2.15. The van der Waals surface area contributed by atoms with Gasteiger partial charge in [0.2, 0.25) is 0 Å². The summed E-state index contributed by atoms with van der Waals surface area (Å²) in [6.07, 6.45) is 3.11. The maximum Gasteiger partial charge on any atom is 0.0543 e. The molecule has 0 radical (unpaired) electrons. The van der Waals surface area contributed by atoms with Crippen LogP contribution < -0.4 is 5.32 Å².